The van der Waals surface area contributed by atoms with Crippen molar-refractivity contribution in [2.75, 3.05) is 6.54 Å². The average molecular weight is 157 g/mol. The van der Waals surface area contributed by atoms with Gasteiger partial charge in [0.2, 0.25) is 5.91 Å². The molecule has 0 aliphatic rings. The van der Waals surface area contributed by atoms with Gasteiger partial charge in [-0.1, -0.05) is 0 Å². The molecule has 0 rings (SSSR count). The first-order valence-electron chi connectivity index (χ1n) is 3.65. The molecule has 0 aromatic rings. The van der Waals surface area contributed by atoms with Crippen LogP contribution in [0.5, 0.6) is 0 Å². The van der Waals surface area contributed by atoms with Gasteiger partial charge in [-0.25, -0.2) is 0 Å². The van der Waals surface area contributed by atoms with E-state index in [1.165, 1.54) is 0 Å². The smallest absolute Gasteiger partial charge is 0.244 e. The van der Waals surface area contributed by atoms with Crippen molar-refractivity contribution < 1.29 is 4.79 Å². The highest BCUT2D eigenvalue weighted by Crippen LogP contribution is 1.88. The zero-order valence-corrected chi connectivity index (χ0v) is 7.22. The standard InChI is InChI=1S/C7H15N3O/c1-4-9-7(11)5(2)10-6(3)8/h5H,4H2,1-3H3,(H2,8,10)(H,9,11). The molecular weight excluding hydrogens is 142 g/mol. The lowest BCUT2D eigenvalue weighted by Crippen LogP contribution is -2.32. The number of hydrogen-bond donors (Lipinski definition) is 2. The number of nitrogens with two attached hydrogens (primary N) is 1. The minimum absolute atomic E-state index is 0.0858. The van der Waals surface area contributed by atoms with Crippen LogP contribution in [0.1, 0.15) is 20.8 Å². The van der Waals surface area contributed by atoms with Gasteiger partial charge in [-0.3, -0.25) is 9.79 Å². The maximum absolute atomic E-state index is 11.0. The van der Waals surface area contributed by atoms with E-state index < -0.39 is 0 Å². The molecule has 0 saturated heterocycles. The second-order valence-electron chi connectivity index (χ2n) is 2.34. The van der Waals surface area contributed by atoms with Crippen LogP contribution in [0.2, 0.25) is 0 Å². The lowest BCUT2D eigenvalue weighted by Gasteiger charge is -2.05. The van der Waals surface area contributed by atoms with Gasteiger partial charge in [0, 0.05) is 6.54 Å². The summed E-state index contributed by atoms with van der Waals surface area (Å²) in [6.07, 6.45) is 0. The Balaban J connectivity index is 3.93. The minimum atomic E-state index is -0.375. The number of carbonyl (C=O) groups is 1. The van der Waals surface area contributed by atoms with E-state index >= 15 is 0 Å². The van der Waals surface area contributed by atoms with Crippen LogP contribution in [0.4, 0.5) is 0 Å². The molecule has 0 fully saturated rings. The highest BCUT2D eigenvalue weighted by atomic mass is 16.2. The van der Waals surface area contributed by atoms with Crippen molar-refractivity contribution in [3.05, 3.63) is 0 Å². The van der Waals surface area contributed by atoms with Gasteiger partial charge >= 0.3 is 0 Å². The molecule has 0 aromatic heterocycles. The first kappa shape index (κ1) is 9.94. The largest absolute Gasteiger partial charge is 0.388 e. The molecule has 64 valence electrons. The molecule has 3 N–H and O–H groups in total. The number of amides is 1. The van der Waals surface area contributed by atoms with E-state index in [1.807, 2.05) is 6.92 Å². The summed E-state index contributed by atoms with van der Waals surface area (Å²) in [6, 6.07) is -0.375. The lowest BCUT2D eigenvalue weighted by atomic mass is 10.3. The number of amidine groups is 1. The number of carbonyl (C=O) groups excluding carboxylic acids is 1. The molecule has 0 bridgehead atoms. The SMILES string of the molecule is CCNC(=O)C(C)N=C(C)N. The Bertz CT molecular complexity index is 161. The fourth-order valence-electron chi connectivity index (χ4n) is 0.686. The van der Waals surface area contributed by atoms with Gasteiger partial charge in [0.1, 0.15) is 6.04 Å². The molecule has 1 amide bonds. The quantitative estimate of drug-likeness (QED) is 0.443. The van der Waals surface area contributed by atoms with Gasteiger partial charge in [-0.2, -0.15) is 0 Å². The molecule has 0 aliphatic heterocycles. The Morgan fingerprint density at radius 3 is 2.64 bits per heavy atom. The van der Waals surface area contributed by atoms with Crippen LogP contribution >= 0.6 is 0 Å². The van der Waals surface area contributed by atoms with E-state index in [1.54, 1.807) is 13.8 Å². The van der Waals surface area contributed by atoms with Gasteiger partial charge in [0.05, 0.1) is 5.84 Å². The summed E-state index contributed by atoms with van der Waals surface area (Å²) in [5.74, 6) is 0.348. The van der Waals surface area contributed by atoms with Crippen molar-refractivity contribution in [3.8, 4) is 0 Å². The van der Waals surface area contributed by atoms with Crippen LogP contribution in [0.15, 0.2) is 4.99 Å². The first-order chi connectivity index (χ1) is 5.07. The molecule has 4 heteroatoms. The molecule has 0 spiro atoms. The van der Waals surface area contributed by atoms with Gasteiger partial charge in [0.15, 0.2) is 0 Å². The molecule has 4 nitrogen and oxygen atoms in total. The molecule has 0 aliphatic carbocycles. The Morgan fingerprint density at radius 1 is 1.73 bits per heavy atom. The minimum Gasteiger partial charge on any atom is -0.388 e. The third-order valence-corrected chi connectivity index (χ3v) is 1.13. The Kier molecular flexibility index (Phi) is 4.26. The van der Waals surface area contributed by atoms with E-state index in [2.05, 4.69) is 10.3 Å². The fraction of sp³-hybridized carbons (Fsp3) is 0.714. The van der Waals surface area contributed by atoms with Gasteiger partial charge in [-0.15, -0.1) is 0 Å². The predicted octanol–water partition coefficient (Wildman–Crippen LogP) is -0.112. The second kappa shape index (κ2) is 4.71. The lowest BCUT2D eigenvalue weighted by molar-refractivity contribution is -0.121. The predicted molar refractivity (Wildman–Crippen MR) is 45.4 cm³/mol. The molecule has 0 saturated carbocycles. The van der Waals surface area contributed by atoms with Crippen molar-refractivity contribution in [2.45, 2.75) is 26.8 Å². The Morgan fingerprint density at radius 2 is 2.27 bits per heavy atom. The molecule has 1 atom stereocenters. The molecule has 11 heavy (non-hydrogen) atoms. The monoisotopic (exact) mass is 157 g/mol. The number of likely N-dealkylation sites (N-methyl/N-ethyl adjacent to an activating group) is 1. The number of nitrogens with one attached hydrogen (secondary N) is 1. The normalized spacial score (nSPS) is 14.3. The first-order valence-corrected chi connectivity index (χ1v) is 3.65. The van der Waals surface area contributed by atoms with E-state index in [-0.39, 0.29) is 11.9 Å². The summed E-state index contributed by atoms with van der Waals surface area (Å²) in [5.41, 5.74) is 5.30. The van der Waals surface area contributed by atoms with Crippen molar-refractivity contribution in [2.24, 2.45) is 10.7 Å². The van der Waals surface area contributed by atoms with Gasteiger partial charge in [-0.05, 0) is 20.8 Å². The Hall–Kier alpha value is -1.06. The maximum atomic E-state index is 11.0. The summed E-state index contributed by atoms with van der Waals surface area (Å²) in [4.78, 5) is 14.9. The van der Waals surface area contributed by atoms with Crippen molar-refractivity contribution in [1.29, 1.82) is 0 Å². The van der Waals surface area contributed by atoms with Crippen LogP contribution in [0.3, 0.4) is 0 Å². The van der Waals surface area contributed by atoms with E-state index in [0.717, 1.165) is 0 Å². The topological polar surface area (TPSA) is 67.5 Å². The maximum Gasteiger partial charge on any atom is 0.244 e. The third-order valence-electron chi connectivity index (χ3n) is 1.13. The summed E-state index contributed by atoms with van der Waals surface area (Å²) in [5, 5.41) is 2.65. The highest BCUT2D eigenvalue weighted by molar-refractivity contribution is 5.86. The highest BCUT2D eigenvalue weighted by Gasteiger charge is 2.08. The Labute approximate surface area is 66.9 Å². The summed E-state index contributed by atoms with van der Waals surface area (Å²) >= 11 is 0. The molecule has 1 unspecified atom stereocenters. The van der Waals surface area contributed by atoms with E-state index in [4.69, 9.17) is 5.73 Å². The van der Waals surface area contributed by atoms with Gasteiger partial charge in [0.25, 0.3) is 0 Å². The van der Waals surface area contributed by atoms with Crippen molar-refractivity contribution in [3.63, 3.8) is 0 Å². The zero-order valence-electron chi connectivity index (χ0n) is 7.22. The average Bonchev–Trinajstić information content (AvgIpc) is 1.86. The van der Waals surface area contributed by atoms with E-state index in [0.29, 0.717) is 12.4 Å². The fourth-order valence-corrected chi connectivity index (χ4v) is 0.686. The molecule has 0 heterocycles. The number of nitrogens with zero attached hydrogens (tertiary/aromatic N) is 1. The molecule has 0 aromatic carbocycles. The van der Waals surface area contributed by atoms with E-state index in [9.17, 15) is 4.79 Å². The molecular formula is C7H15N3O. The van der Waals surface area contributed by atoms with Crippen molar-refractivity contribution >= 4 is 11.7 Å². The van der Waals surface area contributed by atoms with Gasteiger partial charge < -0.3 is 11.1 Å². The summed E-state index contributed by atoms with van der Waals surface area (Å²) in [6.45, 7) is 5.86. The van der Waals surface area contributed by atoms with Crippen LogP contribution < -0.4 is 11.1 Å². The summed E-state index contributed by atoms with van der Waals surface area (Å²) in [7, 11) is 0. The van der Waals surface area contributed by atoms with Crippen molar-refractivity contribution in [1.82, 2.24) is 5.32 Å². The number of hydrogen-bond acceptors (Lipinski definition) is 2. The second-order valence-corrected chi connectivity index (χ2v) is 2.34. The van der Waals surface area contributed by atoms with Crippen LogP contribution in [0, 0.1) is 0 Å². The van der Waals surface area contributed by atoms with Crippen LogP contribution in [-0.2, 0) is 4.79 Å². The summed E-state index contributed by atoms with van der Waals surface area (Å²) < 4.78 is 0. The molecule has 0 radical (unpaired) electrons. The number of aliphatic imine (C=N–C) groups is 1. The van der Waals surface area contributed by atoms with Crippen LogP contribution in [0.25, 0.3) is 0 Å². The number of rotatable bonds is 3. The zero-order chi connectivity index (χ0) is 8.85. The van der Waals surface area contributed by atoms with Crippen LogP contribution in [-0.4, -0.2) is 24.3 Å². The third kappa shape index (κ3) is 4.36.